The van der Waals surface area contributed by atoms with E-state index in [1.165, 1.54) is 18.2 Å². The van der Waals surface area contributed by atoms with E-state index in [-0.39, 0.29) is 19.6 Å². The molecule has 0 aliphatic carbocycles. The Bertz CT molecular complexity index is 716. The molecule has 1 heterocycles. The highest BCUT2D eigenvalue weighted by Gasteiger charge is 2.13. The maximum Gasteiger partial charge on any atom is 0.336 e. The van der Waals surface area contributed by atoms with Crippen LogP contribution in [0.2, 0.25) is 0 Å². The van der Waals surface area contributed by atoms with Gasteiger partial charge in [-0.05, 0) is 20.8 Å². The Kier molecular flexibility index (Phi) is 7.79. The largest absolute Gasteiger partial charge is 0.336 e. The summed E-state index contributed by atoms with van der Waals surface area (Å²) in [5.41, 5.74) is -2.18. The molecule has 24 heavy (non-hydrogen) atoms. The van der Waals surface area contributed by atoms with Crippen molar-refractivity contribution in [3.05, 3.63) is 64.8 Å². The molecule has 0 N–H and O–H groups in total. The van der Waals surface area contributed by atoms with Gasteiger partial charge in [-0.1, -0.05) is 53.0 Å². The lowest BCUT2D eigenvalue weighted by molar-refractivity contribution is 0.500. The number of hydrogen-bond acceptors (Lipinski definition) is 3. The van der Waals surface area contributed by atoms with Crippen LogP contribution in [0.4, 0.5) is 0 Å². The normalized spacial score (nSPS) is 13.5. The Morgan fingerprint density at radius 1 is 0.667 bits per heavy atom. The second-order valence-corrected chi connectivity index (χ2v) is 6.84. The van der Waals surface area contributed by atoms with Crippen LogP contribution >= 0.6 is 34.8 Å². The topological polar surface area (TPSA) is 66.0 Å². The second kappa shape index (κ2) is 9.11. The van der Waals surface area contributed by atoms with E-state index in [0.717, 1.165) is 13.7 Å². The first-order chi connectivity index (χ1) is 11.1. The van der Waals surface area contributed by atoms with Gasteiger partial charge in [0.2, 0.25) is 0 Å². The molecule has 132 valence electrons. The summed E-state index contributed by atoms with van der Waals surface area (Å²) in [5, 5.41) is 1.29. The zero-order valence-electron chi connectivity index (χ0n) is 13.6. The molecule has 9 heteroatoms. The van der Waals surface area contributed by atoms with Gasteiger partial charge in [-0.25, -0.2) is 28.1 Å². The van der Waals surface area contributed by atoms with Gasteiger partial charge >= 0.3 is 17.1 Å². The molecule has 0 saturated carbocycles. The minimum atomic E-state index is -0.726. The van der Waals surface area contributed by atoms with Crippen LogP contribution in [0, 0.1) is 0 Å². The van der Waals surface area contributed by atoms with Crippen LogP contribution in [-0.2, 0) is 19.6 Å². The van der Waals surface area contributed by atoms with Gasteiger partial charge in [0.15, 0.2) is 0 Å². The van der Waals surface area contributed by atoms with Crippen LogP contribution in [0.1, 0.15) is 20.8 Å². The molecule has 0 fully saturated rings. The Hall–Kier alpha value is -1.50. The van der Waals surface area contributed by atoms with E-state index in [1.807, 2.05) is 0 Å². The van der Waals surface area contributed by atoms with E-state index in [2.05, 4.69) is 0 Å². The molecule has 0 spiro atoms. The fraction of sp³-hybridized carbons (Fsp3) is 0.400. The molecule has 0 atom stereocenters. The lowest BCUT2D eigenvalue weighted by Gasteiger charge is -2.11. The maximum absolute atomic E-state index is 12.5. The fourth-order valence-corrected chi connectivity index (χ4v) is 2.01. The predicted octanol–water partition coefficient (Wildman–Crippen LogP) is 2.60. The van der Waals surface area contributed by atoms with Crippen LogP contribution < -0.4 is 17.1 Å². The molecule has 1 rings (SSSR count). The van der Waals surface area contributed by atoms with Crippen molar-refractivity contribution in [2.75, 3.05) is 0 Å². The number of allylic oxidation sites excluding steroid dienone is 6. The molecule has 1 aromatic rings. The summed E-state index contributed by atoms with van der Waals surface area (Å²) < 4.78 is 2.80. The third-order valence-electron chi connectivity index (χ3n) is 3.05. The monoisotopic (exact) mass is 393 g/mol. The summed E-state index contributed by atoms with van der Waals surface area (Å²) in [7, 11) is 0. The van der Waals surface area contributed by atoms with Gasteiger partial charge in [0.05, 0.1) is 19.6 Å². The summed E-state index contributed by atoms with van der Waals surface area (Å²) in [5.74, 6) is 0. The van der Waals surface area contributed by atoms with E-state index >= 15 is 0 Å². The van der Waals surface area contributed by atoms with E-state index in [0.29, 0.717) is 15.1 Å². The van der Waals surface area contributed by atoms with Crippen molar-refractivity contribution in [2.24, 2.45) is 0 Å². The van der Waals surface area contributed by atoms with Crippen molar-refractivity contribution in [3.63, 3.8) is 0 Å². The molecular weight excluding hydrogens is 377 g/mol. The minimum Gasteiger partial charge on any atom is -0.247 e. The van der Waals surface area contributed by atoms with E-state index in [9.17, 15) is 14.4 Å². The summed E-state index contributed by atoms with van der Waals surface area (Å²) in [6.07, 6.45) is 4.53. The summed E-state index contributed by atoms with van der Waals surface area (Å²) in [4.78, 5) is 37.4. The third-order valence-corrected chi connectivity index (χ3v) is 3.51. The minimum absolute atomic E-state index is 0.0412. The van der Waals surface area contributed by atoms with Crippen LogP contribution in [-0.4, -0.2) is 13.7 Å². The highest BCUT2D eigenvalue weighted by molar-refractivity contribution is 6.29. The molecule has 6 nitrogen and oxygen atoms in total. The molecule has 0 aliphatic heterocycles. The molecule has 0 amide bonds. The molecule has 1 aromatic heterocycles. The van der Waals surface area contributed by atoms with Crippen molar-refractivity contribution in [3.8, 4) is 0 Å². The van der Waals surface area contributed by atoms with Gasteiger partial charge < -0.3 is 0 Å². The number of rotatable bonds is 6. The van der Waals surface area contributed by atoms with Crippen molar-refractivity contribution in [2.45, 2.75) is 40.4 Å². The lowest BCUT2D eigenvalue weighted by atomic mass is 10.4. The SMILES string of the molecule is C/C(Cl)=C\Cn1c(=O)n(C/C=C(\C)Cl)c(=O)n(C/C=C(\C)Cl)c1=O. The summed E-state index contributed by atoms with van der Waals surface area (Å²) >= 11 is 17.3. The molecule has 0 aliphatic rings. The highest BCUT2D eigenvalue weighted by atomic mass is 35.5. The number of nitrogens with zero attached hydrogens (tertiary/aromatic N) is 3. The van der Waals surface area contributed by atoms with Crippen LogP contribution in [0.5, 0.6) is 0 Å². The lowest BCUT2D eigenvalue weighted by Crippen LogP contribution is -2.54. The predicted molar refractivity (Wildman–Crippen MR) is 98.1 cm³/mol. The zero-order valence-corrected chi connectivity index (χ0v) is 15.8. The summed E-state index contributed by atoms with van der Waals surface area (Å²) in [6, 6.07) is 0. The van der Waals surface area contributed by atoms with Gasteiger partial charge in [-0.15, -0.1) is 0 Å². The van der Waals surface area contributed by atoms with Gasteiger partial charge in [-0.3, -0.25) is 0 Å². The number of hydrogen-bond donors (Lipinski definition) is 0. The molecule has 0 saturated heterocycles. The van der Waals surface area contributed by atoms with Crippen LogP contribution in [0.25, 0.3) is 0 Å². The first-order valence-corrected chi connectivity index (χ1v) is 8.19. The van der Waals surface area contributed by atoms with Crippen molar-refractivity contribution in [1.82, 2.24) is 13.7 Å². The maximum atomic E-state index is 12.5. The number of halogens is 3. The van der Waals surface area contributed by atoms with E-state index < -0.39 is 17.1 Å². The average molecular weight is 395 g/mol. The van der Waals surface area contributed by atoms with Gasteiger partial charge in [0.25, 0.3) is 0 Å². The van der Waals surface area contributed by atoms with Gasteiger partial charge in [-0.2, -0.15) is 0 Å². The molecule has 0 radical (unpaired) electrons. The van der Waals surface area contributed by atoms with Crippen molar-refractivity contribution >= 4 is 34.8 Å². The Morgan fingerprint density at radius 3 is 1.04 bits per heavy atom. The zero-order chi connectivity index (χ0) is 18.4. The smallest absolute Gasteiger partial charge is 0.247 e. The summed E-state index contributed by atoms with van der Waals surface area (Å²) in [6.45, 7) is 4.75. The molecular formula is C15H18Cl3N3O3. The van der Waals surface area contributed by atoms with Crippen molar-refractivity contribution in [1.29, 1.82) is 0 Å². The van der Waals surface area contributed by atoms with Gasteiger partial charge in [0, 0.05) is 15.1 Å². The van der Waals surface area contributed by atoms with E-state index in [4.69, 9.17) is 34.8 Å². The van der Waals surface area contributed by atoms with Crippen LogP contribution in [0.3, 0.4) is 0 Å². The molecule has 0 bridgehead atoms. The van der Waals surface area contributed by atoms with Gasteiger partial charge in [0.1, 0.15) is 0 Å². The second-order valence-electron chi connectivity index (χ2n) is 5.05. The van der Waals surface area contributed by atoms with Crippen LogP contribution in [0.15, 0.2) is 47.7 Å². The third kappa shape index (κ3) is 5.54. The standard InChI is InChI=1S/C15H18Cl3N3O3/c1-10(16)4-7-19-13(22)20(8-5-11(2)17)15(24)21(14(19)23)9-6-12(3)18/h4-6H,7-9H2,1-3H3/b10-4+,11-5+,12-6+. The molecule has 0 unspecified atom stereocenters. The quantitative estimate of drug-likeness (QED) is 0.745. The average Bonchev–Trinajstić information content (AvgIpc) is 2.45. The first-order valence-electron chi connectivity index (χ1n) is 7.06. The fourth-order valence-electron chi connectivity index (χ4n) is 1.80. The first kappa shape index (κ1) is 20.5. The van der Waals surface area contributed by atoms with E-state index in [1.54, 1.807) is 20.8 Å². The number of aromatic nitrogens is 3. The Balaban J connectivity index is 3.64. The Labute approximate surface area is 153 Å². The van der Waals surface area contributed by atoms with Crippen molar-refractivity contribution < 1.29 is 0 Å². The highest BCUT2D eigenvalue weighted by Crippen LogP contribution is 1.99. The molecule has 0 aromatic carbocycles. The Morgan fingerprint density at radius 2 is 0.875 bits per heavy atom.